The summed E-state index contributed by atoms with van der Waals surface area (Å²) in [4.78, 5) is 26.6. The quantitative estimate of drug-likeness (QED) is 0.742. The molecule has 3 rings (SSSR count). The monoisotopic (exact) mass is 418 g/mol. The van der Waals surface area contributed by atoms with Gasteiger partial charge < -0.3 is 29.0 Å². The fraction of sp³-hybridized carbons (Fsp3) is 0.619. The molecule has 8 nitrogen and oxygen atoms in total. The first-order valence-electron chi connectivity index (χ1n) is 10.1. The van der Waals surface area contributed by atoms with Gasteiger partial charge in [-0.05, 0) is 66.1 Å². The first-order chi connectivity index (χ1) is 13.7. The molecule has 30 heavy (non-hydrogen) atoms. The molecule has 1 N–H and O–H groups in total. The van der Waals surface area contributed by atoms with Crippen LogP contribution in [0.15, 0.2) is 18.2 Å². The Morgan fingerprint density at radius 3 is 2.37 bits per heavy atom. The van der Waals surface area contributed by atoms with Crippen molar-refractivity contribution in [1.82, 2.24) is 5.32 Å². The Hall–Kier alpha value is -2.26. The van der Waals surface area contributed by atoms with E-state index in [-0.39, 0.29) is 12.5 Å². The summed E-state index contributed by atoms with van der Waals surface area (Å²) in [5.41, 5.74) is -0.225. The number of hydrogen-bond donors (Lipinski definition) is 1. The number of rotatable bonds is 2. The summed E-state index contributed by atoms with van der Waals surface area (Å²) in [5, 5.41) is 2.59. The smallest absolute Gasteiger partial charge is 0.489 e. The highest BCUT2D eigenvalue weighted by molar-refractivity contribution is 6.62. The summed E-state index contributed by atoms with van der Waals surface area (Å²) >= 11 is 0. The van der Waals surface area contributed by atoms with Crippen LogP contribution in [0, 0.1) is 0 Å². The van der Waals surface area contributed by atoms with E-state index in [1.165, 1.54) is 4.90 Å². The second-order valence-electron chi connectivity index (χ2n) is 9.72. The number of fused-ring (bicyclic) bond motifs is 1. The van der Waals surface area contributed by atoms with Crippen molar-refractivity contribution >= 4 is 30.3 Å². The van der Waals surface area contributed by atoms with E-state index < -0.39 is 36.1 Å². The fourth-order valence-electron chi connectivity index (χ4n) is 3.19. The van der Waals surface area contributed by atoms with Crippen LogP contribution >= 0.6 is 0 Å². The standard InChI is InChI=1S/C21H31BN2O6/c1-19(2,3)28-18(26)23-14-12-27-16-10-9-13(11-15(16)24(8)17(14)25)22-29-20(4,5)21(6,7)30-22/h9-11,14H,12H2,1-8H3,(H,23,26)/t14-/m0/s1. The molecule has 1 aromatic rings. The molecule has 0 aliphatic carbocycles. The second kappa shape index (κ2) is 7.46. The van der Waals surface area contributed by atoms with Gasteiger partial charge in [0.25, 0.3) is 5.91 Å². The Bertz CT molecular complexity index is 832. The van der Waals surface area contributed by atoms with Gasteiger partial charge in [-0.15, -0.1) is 0 Å². The van der Waals surface area contributed by atoms with E-state index in [1.54, 1.807) is 33.9 Å². The zero-order chi connectivity index (χ0) is 22.5. The third-order valence-electron chi connectivity index (χ3n) is 5.59. The summed E-state index contributed by atoms with van der Waals surface area (Å²) in [6.45, 7) is 13.2. The van der Waals surface area contributed by atoms with Crippen molar-refractivity contribution in [3.05, 3.63) is 18.2 Å². The molecule has 0 bridgehead atoms. The van der Waals surface area contributed by atoms with Crippen LogP contribution in [0.4, 0.5) is 10.5 Å². The maximum atomic E-state index is 13.0. The van der Waals surface area contributed by atoms with E-state index in [4.69, 9.17) is 18.8 Å². The van der Waals surface area contributed by atoms with E-state index in [2.05, 4.69) is 5.32 Å². The lowest BCUT2D eigenvalue weighted by molar-refractivity contribution is -0.120. The van der Waals surface area contributed by atoms with E-state index in [0.717, 1.165) is 5.46 Å². The zero-order valence-electron chi connectivity index (χ0n) is 19.0. The van der Waals surface area contributed by atoms with E-state index >= 15 is 0 Å². The number of nitrogens with zero attached hydrogens (tertiary/aromatic N) is 1. The molecule has 0 aromatic heterocycles. The normalized spacial score (nSPS) is 22.8. The molecule has 2 aliphatic rings. The van der Waals surface area contributed by atoms with Gasteiger partial charge in [-0.2, -0.15) is 0 Å². The minimum Gasteiger partial charge on any atom is -0.489 e. The highest BCUT2D eigenvalue weighted by Gasteiger charge is 2.52. The highest BCUT2D eigenvalue weighted by Crippen LogP contribution is 2.37. The molecule has 0 radical (unpaired) electrons. The second-order valence-corrected chi connectivity index (χ2v) is 9.72. The topological polar surface area (TPSA) is 86.3 Å². The van der Waals surface area contributed by atoms with E-state index in [0.29, 0.717) is 11.4 Å². The summed E-state index contributed by atoms with van der Waals surface area (Å²) < 4.78 is 23.3. The molecule has 164 valence electrons. The molecule has 1 atom stereocenters. The van der Waals surface area contributed by atoms with Crippen molar-refractivity contribution < 1.29 is 28.4 Å². The molecule has 0 unspecified atom stereocenters. The molecule has 0 saturated carbocycles. The Labute approximate surface area is 178 Å². The summed E-state index contributed by atoms with van der Waals surface area (Å²) in [5.74, 6) is 0.241. The van der Waals surface area contributed by atoms with Gasteiger partial charge in [-0.25, -0.2) is 4.79 Å². The molecule has 0 spiro atoms. The third-order valence-corrected chi connectivity index (χ3v) is 5.59. The van der Waals surface area contributed by atoms with Crippen LogP contribution in [0.25, 0.3) is 0 Å². The van der Waals surface area contributed by atoms with Crippen LogP contribution in [0.3, 0.4) is 0 Å². The number of likely N-dealkylation sites (N-methyl/N-ethyl adjacent to an activating group) is 1. The van der Waals surface area contributed by atoms with Crippen molar-refractivity contribution in [2.45, 2.75) is 71.3 Å². The average molecular weight is 418 g/mol. The van der Waals surface area contributed by atoms with Crippen LogP contribution in [0.2, 0.25) is 0 Å². The predicted octanol–water partition coefficient (Wildman–Crippen LogP) is 2.23. The Balaban J connectivity index is 1.80. The third kappa shape index (κ3) is 4.42. The van der Waals surface area contributed by atoms with Crippen molar-refractivity contribution in [2.24, 2.45) is 0 Å². The number of anilines is 1. The molecule has 9 heteroatoms. The predicted molar refractivity (Wildman–Crippen MR) is 114 cm³/mol. The lowest BCUT2D eigenvalue weighted by Crippen LogP contribution is -2.50. The molecule has 1 aromatic carbocycles. The SMILES string of the molecule is CN1C(=O)[C@@H](NC(=O)OC(C)(C)C)COc2ccc(B3OC(C)(C)C(C)(C)O3)cc21. The van der Waals surface area contributed by atoms with Gasteiger partial charge in [-0.1, -0.05) is 6.07 Å². The van der Waals surface area contributed by atoms with E-state index in [1.807, 2.05) is 39.8 Å². The number of nitrogens with one attached hydrogen (secondary N) is 1. The molecular weight excluding hydrogens is 387 g/mol. The minimum absolute atomic E-state index is 0.00521. The van der Waals surface area contributed by atoms with Gasteiger partial charge in [0.15, 0.2) is 0 Å². The van der Waals surface area contributed by atoms with Gasteiger partial charge >= 0.3 is 13.2 Å². The first kappa shape index (κ1) is 22.4. The van der Waals surface area contributed by atoms with Gasteiger partial charge in [0.2, 0.25) is 0 Å². The number of alkyl carbamates (subject to hydrolysis) is 1. The molecule has 2 heterocycles. The van der Waals surface area contributed by atoms with Gasteiger partial charge in [-0.3, -0.25) is 4.79 Å². The maximum Gasteiger partial charge on any atom is 0.494 e. The molecule has 2 aliphatic heterocycles. The molecule has 2 amide bonds. The molecule has 1 fully saturated rings. The number of benzene rings is 1. The van der Waals surface area contributed by atoms with Crippen LogP contribution < -0.4 is 20.4 Å². The lowest BCUT2D eigenvalue weighted by atomic mass is 9.79. The molecule has 1 saturated heterocycles. The minimum atomic E-state index is -0.863. The number of carbonyl (C=O) groups excluding carboxylic acids is 2. The van der Waals surface area contributed by atoms with Gasteiger partial charge in [0.1, 0.15) is 24.0 Å². The number of ether oxygens (including phenoxy) is 2. The summed E-state index contributed by atoms with van der Waals surface area (Å²) in [6, 6.07) is 4.61. The first-order valence-corrected chi connectivity index (χ1v) is 10.1. The number of amides is 2. The fourth-order valence-corrected chi connectivity index (χ4v) is 3.19. The van der Waals surface area contributed by atoms with Crippen molar-refractivity contribution in [3.63, 3.8) is 0 Å². The van der Waals surface area contributed by atoms with Crippen LogP contribution in [-0.4, -0.2) is 55.6 Å². The van der Waals surface area contributed by atoms with Gasteiger partial charge in [0.05, 0.1) is 16.9 Å². The number of carbonyl (C=O) groups is 2. The Morgan fingerprint density at radius 2 is 1.80 bits per heavy atom. The number of hydrogen-bond acceptors (Lipinski definition) is 6. The van der Waals surface area contributed by atoms with Crippen molar-refractivity contribution in [1.29, 1.82) is 0 Å². The summed E-state index contributed by atoms with van der Waals surface area (Å²) in [6.07, 6.45) is -0.665. The average Bonchev–Trinajstić information content (AvgIpc) is 2.75. The van der Waals surface area contributed by atoms with Crippen LogP contribution in [-0.2, 0) is 18.8 Å². The Kier molecular flexibility index (Phi) is 5.58. The summed E-state index contributed by atoms with van der Waals surface area (Å²) in [7, 11) is 1.09. The van der Waals surface area contributed by atoms with Crippen molar-refractivity contribution in [3.8, 4) is 5.75 Å². The lowest BCUT2D eigenvalue weighted by Gasteiger charge is -2.32. The van der Waals surface area contributed by atoms with Crippen LogP contribution in [0.1, 0.15) is 48.5 Å². The van der Waals surface area contributed by atoms with Crippen molar-refractivity contribution in [2.75, 3.05) is 18.6 Å². The van der Waals surface area contributed by atoms with E-state index in [9.17, 15) is 9.59 Å². The zero-order valence-corrected chi connectivity index (χ0v) is 19.0. The highest BCUT2D eigenvalue weighted by atomic mass is 16.7. The largest absolute Gasteiger partial charge is 0.494 e. The van der Waals surface area contributed by atoms with Crippen LogP contribution in [0.5, 0.6) is 5.75 Å². The molecular formula is C21H31BN2O6. The van der Waals surface area contributed by atoms with Gasteiger partial charge in [0, 0.05) is 7.05 Å². The Morgan fingerprint density at radius 1 is 1.20 bits per heavy atom. The maximum absolute atomic E-state index is 13.0.